The predicted molar refractivity (Wildman–Crippen MR) is 206 cm³/mol. The highest BCUT2D eigenvalue weighted by Gasteiger charge is 2.35. The van der Waals surface area contributed by atoms with E-state index in [9.17, 15) is 0 Å². The maximum atomic E-state index is 6.43. The summed E-state index contributed by atoms with van der Waals surface area (Å²) in [4.78, 5) is 0. The van der Waals surface area contributed by atoms with Crippen molar-refractivity contribution in [1.82, 2.24) is 0 Å². The number of para-hydroxylation sites is 1. The van der Waals surface area contributed by atoms with Crippen LogP contribution in [0.3, 0.4) is 0 Å². The summed E-state index contributed by atoms with van der Waals surface area (Å²) in [5.41, 5.74) is 13.1. The third kappa shape index (κ3) is 7.96. The number of hydrogen-bond acceptors (Lipinski definition) is 1. The minimum absolute atomic E-state index is 0.0741. The highest BCUT2D eigenvalue weighted by molar-refractivity contribution is 5.80. The van der Waals surface area contributed by atoms with Crippen LogP contribution >= 0.6 is 0 Å². The lowest BCUT2D eigenvalue weighted by molar-refractivity contribution is 0.419. The second-order valence-electron chi connectivity index (χ2n) is 12.6. The molecule has 1 unspecified atom stereocenters. The van der Waals surface area contributed by atoms with Gasteiger partial charge in [-0.1, -0.05) is 162 Å². The Bertz CT molecular complexity index is 1770. The van der Waals surface area contributed by atoms with Crippen LogP contribution in [0.2, 0.25) is 0 Å². The summed E-state index contributed by atoms with van der Waals surface area (Å²) >= 11 is 0. The van der Waals surface area contributed by atoms with Crippen LogP contribution < -0.4 is 4.74 Å². The van der Waals surface area contributed by atoms with Crippen LogP contribution in [0.15, 0.2) is 121 Å². The summed E-state index contributed by atoms with van der Waals surface area (Å²) in [5.74, 6) is 2.52. The van der Waals surface area contributed by atoms with E-state index < -0.39 is 0 Å². The molecule has 1 atom stereocenters. The molecule has 47 heavy (non-hydrogen) atoms. The predicted octanol–water partition coefficient (Wildman–Crippen LogP) is 13.8. The van der Waals surface area contributed by atoms with Gasteiger partial charge in [-0.3, -0.25) is 0 Å². The van der Waals surface area contributed by atoms with Crippen molar-refractivity contribution in [1.29, 1.82) is 0 Å². The molecule has 1 nitrogen and oxygen atoms in total. The molecule has 0 saturated carbocycles. The number of hydrogen-bond donors (Lipinski definition) is 0. The van der Waals surface area contributed by atoms with Crippen LogP contribution in [-0.2, 0) is 5.41 Å². The van der Waals surface area contributed by atoms with E-state index in [-0.39, 0.29) is 5.41 Å². The van der Waals surface area contributed by atoms with Gasteiger partial charge in [-0.2, -0.15) is 0 Å². The van der Waals surface area contributed by atoms with E-state index in [2.05, 4.69) is 150 Å². The third-order valence-corrected chi connectivity index (χ3v) is 9.12. The van der Waals surface area contributed by atoms with E-state index in [4.69, 9.17) is 4.74 Å². The minimum Gasteiger partial charge on any atom is -0.456 e. The number of ether oxygens (including phenoxy) is 1. The summed E-state index contributed by atoms with van der Waals surface area (Å²) in [6, 6.07) is 28.4. The number of allylic oxidation sites excluding steroid dienone is 8. The first kappa shape index (κ1) is 35.5. The van der Waals surface area contributed by atoms with Gasteiger partial charge in [0.15, 0.2) is 0 Å². The molecule has 1 heteroatoms. The molecule has 1 heterocycles. The lowest BCUT2D eigenvalue weighted by Crippen LogP contribution is -2.24. The first-order valence-corrected chi connectivity index (χ1v) is 17.6. The molecule has 0 saturated heterocycles. The molecule has 7 rings (SSSR count). The smallest absolute Gasteiger partial charge is 0.139 e. The first-order valence-electron chi connectivity index (χ1n) is 17.6. The summed E-state index contributed by atoms with van der Waals surface area (Å²) in [6.45, 7) is 19.1. The van der Waals surface area contributed by atoms with Crippen molar-refractivity contribution in [2.45, 2.75) is 92.9 Å². The zero-order valence-corrected chi connectivity index (χ0v) is 30.2. The van der Waals surface area contributed by atoms with Gasteiger partial charge in [-0.15, -0.1) is 0 Å². The molecular formula is C46H54O. The van der Waals surface area contributed by atoms with Gasteiger partial charge in [-0.05, 0) is 79.5 Å². The maximum Gasteiger partial charge on any atom is 0.139 e. The van der Waals surface area contributed by atoms with Gasteiger partial charge in [0, 0.05) is 28.0 Å². The molecule has 4 aromatic carbocycles. The average molecular weight is 623 g/mol. The topological polar surface area (TPSA) is 9.23 Å². The van der Waals surface area contributed by atoms with Crippen LogP contribution in [0.1, 0.15) is 106 Å². The van der Waals surface area contributed by atoms with Crippen LogP contribution in [-0.4, -0.2) is 0 Å². The van der Waals surface area contributed by atoms with Gasteiger partial charge < -0.3 is 4.74 Å². The van der Waals surface area contributed by atoms with Gasteiger partial charge in [0.2, 0.25) is 0 Å². The second kappa shape index (κ2) is 16.5. The molecule has 1 aliphatic heterocycles. The number of benzene rings is 4. The molecule has 0 bridgehead atoms. The van der Waals surface area contributed by atoms with Crippen molar-refractivity contribution in [2.75, 3.05) is 0 Å². The Balaban J connectivity index is 0.000000197. The highest BCUT2D eigenvalue weighted by Crippen LogP contribution is 2.52. The van der Waals surface area contributed by atoms with Crippen molar-refractivity contribution >= 4 is 5.57 Å². The molecule has 0 amide bonds. The van der Waals surface area contributed by atoms with Gasteiger partial charge in [0.25, 0.3) is 0 Å². The fraction of sp³-hybridized carbons (Fsp3) is 0.304. The average Bonchev–Trinajstić information content (AvgIpc) is 3.11. The highest BCUT2D eigenvalue weighted by atomic mass is 16.5. The number of aryl methyl sites for hydroxylation is 3. The van der Waals surface area contributed by atoms with Crippen LogP contribution in [0.25, 0.3) is 16.7 Å². The third-order valence-electron chi connectivity index (χ3n) is 9.12. The van der Waals surface area contributed by atoms with Crippen LogP contribution in [0.5, 0.6) is 11.5 Å². The van der Waals surface area contributed by atoms with Crippen LogP contribution in [0, 0.1) is 20.8 Å². The molecule has 3 aliphatic rings. The van der Waals surface area contributed by atoms with E-state index >= 15 is 0 Å². The second-order valence-corrected chi connectivity index (χ2v) is 12.6. The van der Waals surface area contributed by atoms with Crippen molar-refractivity contribution < 1.29 is 4.74 Å². The Morgan fingerprint density at radius 1 is 0.702 bits per heavy atom. The lowest BCUT2D eigenvalue weighted by Gasteiger charge is -2.36. The van der Waals surface area contributed by atoms with Crippen molar-refractivity contribution in [3.05, 3.63) is 160 Å². The van der Waals surface area contributed by atoms with Gasteiger partial charge in [0.1, 0.15) is 11.5 Å². The maximum absolute atomic E-state index is 6.43. The monoisotopic (exact) mass is 622 g/mol. The minimum atomic E-state index is -0.0741. The Morgan fingerprint density at radius 2 is 1.45 bits per heavy atom. The van der Waals surface area contributed by atoms with Gasteiger partial charge in [0.05, 0.1) is 0 Å². The largest absolute Gasteiger partial charge is 0.456 e. The normalized spacial score (nSPS) is 16.4. The molecule has 0 spiro atoms. The van der Waals surface area contributed by atoms with Gasteiger partial charge in [-0.25, -0.2) is 0 Å². The van der Waals surface area contributed by atoms with Crippen molar-refractivity contribution in [3.63, 3.8) is 0 Å². The zero-order chi connectivity index (χ0) is 34.0. The Hall–Kier alpha value is -4.36. The zero-order valence-electron chi connectivity index (χ0n) is 30.2. The van der Waals surface area contributed by atoms with E-state index in [1.807, 2.05) is 33.8 Å². The van der Waals surface area contributed by atoms with Gasteiger partial charge >= 0.3 is 0 Å². The Labute approximate surface area is 285 Å². The Morgan fingerprint density at radius 3 is 2.15 bits per heavy atom. The number of rotatable bonds is 3. The van der Waals surface area contributed by atoms with Crippen LogP contribution in [0.4, 0.5) is 0 Å². The molecule has 0 N–H and O–H groups in total. The van der Waals surface area contributed by atoms with Crippen molar-refractivity contribution in [2.24, 2.45) is 0 Å². The quantitative estimate of drug-likeness (QED) is 0.221. The number of fused-ring (bicyclic) bond motifs is 2. The first-order chi connectivity index (χ1) is 22.8. The summed E-state index contributed by atoms with van der Waals surface area (Å²) in [7, 11) is 0. The molecule has 0 fully saturated rings. The Kier molecular flexibility index (Phi) is 12.4. The fourth-order valence-electron chi connectivity index (χ4n) is 6.68. The molecule has 0 aromatic heterocycles. The summed E-state index contributed by atoms with van der Waals surface area (Å²) in [6.07, 6.45) is 19.0. The fourth-order valence-corrected chi connectivity index (χ4v) is 6.68. The molecule has 2 aliphatic carbocycles. The molecule has 0 radical (unpaired) electrons. The van der Waals surface area contributed by atoms with E-state index in [0.29, 0.717) is 5.92 Å². The van der Waals surface area contributed by atoms with E-state index in [1.54, 1.807) is 0 Å². The molecule has 244 valence electrons. The van der Waals surface area contributed by atoms with Crippen molar-refractivity contribution in [3.8, 4) is 22.6 Å². The van der Waals surface area contributed by atoms with E-state index in [0.717, 1.165) is 17.9 Å². The summed E-state index contributed by atoms with van der Waals surface area (Å²) in [5, 5.41) is 0. The lowest BCUT2D eigenvalue weighted by atomic mass is 9.74. The summed E-state index contributed by atoms with van der Waals surface area (Å²) < 4.78 is 6.43. The SMILES string of the molecule is CC.CC.Cc1cc(C2=CC=CCC2)cc(C2C=CC=CC2)c1.Cc1ccccc1-c1c(C)ccc2c1Oc1ccccc1C2(C)C. The molecular weight excluding hydrogens is 569 g/mol. The molecule has 4 aromatic rings. The standard InChI is InChI=1S/C23H22O.C19H20.2C2H6/c1-15-9-5-6-10-17(15)21-16(2)13-14-19-22(21)24-20-12-8-7-11-18(20)23(19,3)4;1-15-12-18(16-8-4-2-5-9-16)14-19(13-15)17-10-6-3-7-11-17;2*1-2/h5-14H,1-4H3;2-6,8,10,12-14,16H,7,9,11H2,1H3;2*1-2H3. The van der Waals surface area contributed by atoms with E-state index in [1.165, 1.54) is 68.5 Å².